The van der Waals surface area contributed by atoms with Gasteiger partial charge in [-0.05, 0) is 57.3 Å². The molecule has 1 fully saturated rings. The first-order chi connectivity index (χ1) is 16.6. The summed E-state index contributed by atoms with van der Waals surface area (Å²) in [5, 5.41) is 8.05. The maximum Gasteiger partial charge on any atom is 0.407 e. The van der Waals surface area contributed by atoms with Crippen molar-refractivity contribution in [2.45, 2.75) is 45.3 Å². The lowest BCUT2D eigenvalue weighted by molar-refractivity contribution is 0.0497. The Kier molecular flexibility index (Phi) is 7.31. The zero-order valence-corrected chi connectivity index (χ0v) is 21.1. The smallest absolute Gasteiger partial charge is 0.407 e. The Morgan fingerprint density at radius 1 is 1.17 bits per heavy atom. The number of ether oxygens (including phenoxy) is 1. The highest BCUT2D eigenvalue weighted by molar-refractivity contribution is 7.13. The number of rotatable bonds is 5. The fraction of sp³-hybridized carbons (Fsp3) is 0.391. The maximum absolute atomic E-state index is 14.1. The van der Waals surface area contributed by atoms with Crippen LogP contribution in [0.1, 0.15) is 44.1 Å². The second-order valence-electron chi connectivity index (χ2n) is 9.04. The van der Waals surface area contributed by atoms with Gasteiger partial charge < -0.3 is 20.3 Å². The average Bonchev–Trinajstić information content (AvgIpc) is 3.43. The van der Waals surface area contributed by atoms with Crippen molar-refractivity contribution in [3.05, 3.63) is 47.1 Å². The first-order valence-corrected chi connectivity index (χ1v) is 12.7. The highest BCUT2D eigenvalue weighted by Gasteiger charge is 2.26. The SMILES string of the molecule is CC(C)(C)OC(=O)NC1CCN(c2sncc2NC(=O)c2csc(-c3c(F)cccc3F)n2)CC1. The van der Waals surface area contributed by atoms with Crippen molar-refractivity contribution in [1.82, 2.24) is 14.7 Å². The topological polar surface area (TPSA) is 96.5 Å². The number of halogens is 2. The Labute approximate surface area is 209 Å². The second kappa shape index (κ2) is 10.2. The van der Waals surface area contributed by atoms with Crippen LogP contribution in [0, 0.1) is 11.6 Å². The first kappa shape index (κ1) is 25.0. The number of nitrogens with one attached hydrogen (secondary N) is 2. The minimum atomic E-state index is -0.736. The van der Waals surface area contributed by atoms with Crippen LogP contribution in [0.15, 0.2) is 29.8 Å². The molecule has 8 nitrogen and oxygen atoms in total. The number of carbonyl (C=O) groups excluding carboxylic acids is 2. The fourth-order valence-corrected chi connectivity index (χ4v) is 5.23. The van der Waals surface area contributed by atoms with Crippen molar-refractivity contribution in [3.8, 4) is 10.6 Å². The summed E-state index contributed by atoms with van der Waals surface area (Å²) in [4.78, 5) is 31.0. The van der Waals surface area contributed by atoms with E-state index in [0.717, 1.165) is 28.5 Å². The van der Waals surface area contributed by atoms with Gasteiger partial charge in [0.2, 0.25) is 0 Å². The molecule has 0 spiro atoms. The van der Waals surface area contributed by atoms with Gasteiger partial charge in [0.1, 0.15) is 32.9 Å². The number of alkyl carbamates (subject to hydrolysis) is 1. The molecule has 0 atom stereocenters. The molecule has 1 saturated heterocycles. The summed E-state index contributed by atoms with van der Waals surface area (Å²) in [5.74, 6) is -1.97. The maximum atomic E-state index is 14.1. The van der Waals surface area contributed by atoms with Crippen molar-refractivity contribution in [1.29, 1.82) is 0 Å². The minimum absolute atomic E-state index is 0.000678. The Morgan fingerprint density at radius 3 is 2.51 bits per heavy atom. The monoisotopic (exact) mass is 521 g/mol. The van der Waals surface area contributed by atoms with Gasteiger partial charge in [0.05, 0.1) is 17.4 Å². The van der Waals surface area contributed by atoms with Gasteiger partial charge in [0, 0.05) is 24.5 Å². The van der Waals surface area contributed by atoms with Crippen molar-refractivity contribution in [2.24, 2.45) is 0 Å². The molecule has 4 rings (SSSR count). The van der Waals surface area contributed by atoms with Crippen LogP contribution in [0.25, 0.3) is 10.6 Å². The van der Waals surface area contributed by atoms with Gasteiger partial charge in [-0.2, -0.15) is 4.37 Å². The van der Waals surface area contributed by atoms with E-state index in [1.54, 1.807) is 6.20 Å². The number of aromatic nitrogens is 2. The van der Waals surface area contributed by atoms with Gasteiger partial charge in [0.25, 0.3) is 5.91 Å². The van der Waals surface area contributed by atoms with Gasteiger partial charge in [-0.25, -0.2) is 18.6 Å². The number of anilines is 2. The molecule has 2 N–H and O–H groups in total. The second-order valence-corrected chi connectivity index (χ2v) is 10.7. The highest BCUT2D eigenvalue weighted by Crippen LogP contribution is 2.34. The summed E-state index contributed by atoms with van der Waals surface area (Å²) >= 11 is 2.25. The van der Waals surface area contributed by atoms with Crippen LogP contribution in [-0.2, 0) is 4.74 Å². The molecule has 0 aliphatic carbocycles. The van der Waals surface area contributed by atoms with Crippen LogP contribution >= 0.6 is 22.9 Å². The molecule has 1 aromatic carbocycles. The summed E-state index contributed by atoms with van der Waals surface area (Å²) in [7, 11) is 0. The molecule has 0 saturated carbocycles. The third-order valence-electron chi connectivity index (χ3n) is 5.22. The van der Waals surface area contributed by atoms with Crippen molar-refractivity contribution in [2.75, 3.05) is 23.3 Å². The minimum Gasteiger partial charge on any atom is -0.444 e. The lowest BCUT2D eigenvalue weighted by atomic mass is 10.1. The molecule has 1 aliphatic rings. The highest BCUT2D eigenvalue weighted by atomic mass is 32.1. The van der Waals surface area contributed by atoms with E-state index in [-0.39, 0.29) is 22.3 Å². The number of amides is 2. The van der Waals surface area contributed by atoms with E-state index in [9.17, 15) is 18.4 Å². The van der Waals surface area contributed by atoms with E-state index in [1.807, 2.05) is 20.8 Å². The van der Waals surface area contributed by atoms with E-state index in [0.29, 0.717) is 31.6 Å². The van der Waals surface area contributed by atoms with Gasteiger partial charge >= 0.3 is 6.09 Å². The largest absolute Gasteiger partial charge is 0.444 e. The van der Waals surface area contributed by atoms with Crippen LogP contribution in [0.3, 0.4) is 0 Å². The van der Waals surface area contributed by atoms with Crippen molar-refractivity contribution in [3.63, 3.8) is 0 Å². The van der Waals surface area contributed by atoms with E-state index in [4.69, 9.17) is 4.74 Å². The predicted octanol–water partition coefficient (Wildman–Crippen LogP) is 5.29. The van der Waals surface area contributed by atoms with E-state index in [1.165, 1.54) is 23.0 Å². The van der Waals surface area contributed by atoms with Crippen LogP contribution in [0.5, 0.6) is 0 Å². The first-order valence-electron chi connectivity index (χ1n) is 11.0. The Hall–Kier alpha value is -3.12. The molecular weight excluding hydrogens is 496 g/mol. The summed E-state index contributed by atoms with van der Waals surface area (Å²) < 4.78 is 37.7. The Bertz CT molecular complexity index is 1200. The number of thiazole rings is 1. The fourth-order valence-electron chi connectivity index (χ4n) is 3.63. The quantitative estimate of drug-likeness (QED) is 0.474. The molecule has 0 bridgehead atoms. The standard InChI is InChI=1S/C23H25F2N5O3S2/c1-23(2,3)33-22(32)27-13-7-9-30(10-8-13)21-16(11-26-35-21)28-19(31)17-12-34-20(29-17)18-14(24)5-4-6-15(18)25/h4-6,11-13H,7-10H2,1-3H3,(H,27,32)(H,28,31). The lowest BCUT2D eigenvalue weighted by Crippen LogP contribution is -2.46. The van der Waals surface area contributed by atoms with Crippen molar-refractivity contribution < 1.29 is 23.1 Å². The zero-order valence-electron chi connectivity index (χ0n) is 19.4. The molecule has 1 aliphatic heterocycles. The summed E-state index contributed by atoms with van der Waals surface area (Å²) in [6, 6.07) is 3.57. The molecule has 12 heteroatoms. The van der Waals surface area contributed by atoms with E-state index in [2.05, 4.69) is 24.9 Å². The van der Waals surface area contributed by atoms with Crippen LogP contribution in [-0.4, -0.2) is 46.1 Å². The third kappa shape index (κ3) is 6.12. The van der Waals surface area contributed by atoms with E-state index < -0.39 is 29.2 Å². The summed E-state index contributed by atoms with van der Waals surface area (Å²) in [5.41, 5.74) is -0.213. The van der Waals surface area contributed by atoms with Gasteiger partial charge in [-0.3, -0.25) is 4.79 Å². The van der Waals surface area contributed by atoms with Gasteiger partial charge in [-0.15, -0.1) is 11.3 Å². The van der Waals surface area contributed by atoms with Crippen LogP contribution in [0.4, 0.5) is 24.3 Å². The zero-order chi connectivity index (χ0) is 25.2. The third-order valence-corrected chi connectivity index (χ3v) is 6.94. The lowest BCUT2D eigenvalue weighted by Gasteiger charge is -2.33. The molecule has 0 radical (unpaired) electrons. The van der Waals surface area contributed by atoms with Crippen LogP contribution in [0.2, 0.25) is 0 Å². The van der Waals surface area contributed by atoms with Crippen molar-refractivity contribution >= 4 is 45.6 Å². The van der Waals surface area contributed by atoms with Gasteiger partial charge in [-0.1, -0.05) is 6.07 Å². The molecular formula is C23H25F2N5O3S2. The number of piperidine rings is 1. The molecule has 3 aromatic rings. The predicted molar refractivity (Wildman–Crippen MR) is 132 cm³/mol. The number of hydrogen-bond donors (Lipinski definition) is 2. The molecule has 2 aromatic heterocycles. The molecule has 35 heavy (non-hydrogen) atoms. The molecule has 3 heterocycles. The Balaban J connectivity index is 1.37. The number of nitrogens with zero attached hydrogens (tertiary/aromatic N) is 3. The Morgan fingerprint density at radius 2 is 1.86 bits per heavy atom. The normalized spacial score (nSPS) is 14.6. The summed E-state index contributed by atoms with van der Waals surface area (Å²) in [6.45, 7) is 6.79. The summed E-state index contributed by atoms with van der Waals surface area (Å²) in [6.07, 6.45) is 2.56. The molecule has 0 unspecified atom stereocenters. The van der Waals surface area contributed by atoms with E-state index >= 15 is 0 Å². The number of carbonyl (C=O) groups is 2. The van der Waals surface area contributed by atoms with Gasteiger partial charge in [0.15, 0.2) is 0 Å². The number of hydrogen-bond acceptors (Lipinski definition) is 8. The average molecular weight is 522 g/mol. The molecule has 2 amide bonds. The number of benzene rings is 1. The van der Waals surface area contributed by atoms with Crippen LogP contribution < -0.4 is 15.5 Å². The molecule has 186 valence electrons.